The van der Waals surface area contributed by atoms with Crippen LogP contribution in [0.1, 0.15) is 63.1 Å². The molecule has 0 saturated heterocycles. The van der Waals surface area contributed by atoms with E-state index >= 15 is 0 Å². The van der Waals surface area contributed by atoms with Gasteiger partial charge in [-0.2, -0.15) is 10.3 Å². The number of aromatic nitrogens is 4. The monoisotopic (exact) mass is 474 g/mol. The zero-order valence-corrected chi connectivity index (χ0v) is 21.5. The van der Waals surface area contributed by atoms with E-state index in [9.17, 15) is 0 Å². The van der Waals surface area contributed by atoms with E-state index in [1.807, 2.05) is 42.4 Å². The maximum absolute atomic E-state index is 5.83. The first-order chi connectivity index (χ1) is 16.9. The van der Waals surface area contributed by atoms with Gasteiger partial charge in [-0.3, -0.25) is 0 Å². The Hall–Kier alpha value is -3.94. The van der Waals surface area contributed by atoms with Gasteiger partial charge < -0.3 is 9.47 Å². The maximum Gasteiger partial charge on any atom is 0.208 e. The highest BCUT2D eigenvalue weighted by Gasteiger charge is 2.21. The lowest BCUT2D eigenvalue weighted by Gasteiger charge is -2.22. The predicted molar refractivity (Wildman–Crippen MR) is 142 cm³/mol. The van der Waals surface area contributed by atoms with Gasteiger partial charge in [0.25, 0.3) is 0 Å². The zero-order valence-electron chi connectivity index (χ0n) is 21.5. The van der Waals surface area contributed by atoms with Crippen LogP contribution in [0.25, 0.3) is 17.0 Å². The van der Waals surface area contributed by atoms with Gasteiger partial charge in [0.2, 0.25) is 5.82 Å². The minimum atomic E-state index is 0.189. The maximum atomic E-state index is 5.83. The Kier molecular flexibility index (Phi) is 8.41. The summed E-state index contributed by atoms with van der Waals surface area (Å²) < 4.78 is 11.6. The first-order valence-corrected chi connectivity index (χ1v) is 11.6. The second-order valence-electron chi connectivity index (χ2n) is 8.60. The number of hydrogen-bond acceptors (Lipinski definition) is 7. The van der Waals surface area contributed by atoms with Gasteiger partial charge in [0.05, 0.1) is 25.5 Å². The molecule has 0 radical (unpaired) electrons. The number of tetrazole rings is 1. The van der Waals surface area contributed by atoms with Crippen LogP contribution in [0.5, 0.6) is 11.5 Å². The third-order valence-corrected chi connectivity index (χ3v) is 5.68. The van der Waals surface area contributed by atoms with E-state index in [1.54, 1.807) is 20.4 Å². The molecule has 0 aliphatic heterocycles. The van der Waals surface area contributed by atoms with E-state index < -0.39 is 0 Å². The number of methoxy groups -OCH3 is 2. The summed E-state index contributed by atoms with van der Waals surface area (Å²) in [6.45, 7) is 14.5. The minimum absolute atomic E-state index is 0.189. The second-order valence-corrected chi connectivity index (χ2v) is 8.60. The van der Waals surface area contributed by atoms with Crippen molar-refractivity contribution < 1.29 is 9.47 Å². The van der Waals surface area contributed by atoms with Crippen molar-refractivity contribution in [3.8, 4) is 22.9 Å². The van der Waals surface area contributed by atoms with Crippen LogP contribution in [0.2, 0.25) is 0 Å². The average molecular weight is 475 g/mol. The molecule has 0 aliphatic rings. The Bertz CT molecular complexity index is 1210. The number of para-hydroxylation sites is 1. The number of benzene rings is 2. The molecule has 1 aromatic heterocycles. The molecule has 8 heteroatoms. The number of H-pyrrole nitrogens is 1. The number of nitrogens with one attached hydrogen (secondary N) is 1. The first-order valence-electron chi connectivity index (χ1n) is 11.6. The van der Waals surface area contributed by atoms with Gasteiger partial charge in [0, 0.05) is 23.6 Å². The van der Waals surface area contributed by atoms with Crippen molar-refractivity contribution in [1.82, 2.24) is 20.6 Å². The third kappa shape index (κ3) is 5.42. The molecule has 0 aliphatic carbocycles. The number of ether oxygens (including phenoxy) is 2. The number of hydrogen-bond donors (Lipinski definition) is 1. The quantitative estimate of drug-likeness (QED) is 0.215. The van der Waals surface area contributed by atoms with Crippen LogP contribution in [-0.4, -0.2) is 41.1 Å². The van der Waals surface area contributed by atoms with Crippen molar-refractivity contribution in [2.75, 3.05) is 19.2 Å². The van der Waals surface area contributed by atoms with Crippen LogP contribution in [0.3, 0.4) is 0 Å². The van der Waals surface area contributed by atoms with Gasteiger partial charge in [0.15, 0.2) is 0 Å². The molecule has 0 saturated carbocycles. The van der Waals surface area contributed by atoms with Crippen molar-refractivity contribution in [3.05, 3.63) is 65.9 Å². The van der Waals surface area contributed by atoms with Crippen molar-refractivity contribution in [2.45, 2.75) is 46.5 Å². The molecule has 8 nitrogen and oxygen atoms in total. The van der Waals surface area contributed by atoms with Crippen LogP contribution in [-0.2, 0) is 0 Å². The van der Waals surface area contributed by atoms with Crippen molar-refractivity contribution >= 4 is 17.5 Å². The SMILES string of the molecule is C=C/C(=C\N(/N=C/C)c1cc(-c2nn[nH]n2)c(OC)c(C(C)C)c1)c1cccc(C(C)C)c1OC. The fourth-order valence-corrected chi connectivity index (χ4v) is 3.99. The summed E-state index contributed by atoms with van der Waals surface area (Å²) in [4.78, 5) is 0. The number of hydrazone groups is 1. The van der Waals surface area contributed by atoms with Gasteiger partial charge in [-0.1, -0.05) is 58.5 Å². The van der Waals surface area contributed by atoms with Gasteiger partial charge in [0.1, 0.15) is 11.5 Å². The van der Waals surface area contributed by atoms with Crippen molar-refractivity contribution in [2.24, 2.45) is 5.10 Å². The van der Waals surface area contributed by atoms with Gasteiger partial charge >= 0.3 is 0 Å². The molecular formula is C27H34N6O2. The standard InChI is InChI=1S/C27H34N6O2/c1-9-19(22-13-11-12-21(17(3)4)25(22)34-7)16-33(28-10-2)20-14-23(18(5)6)26(35-8)24(15-20)27-29-31-32-30-27/h9-18H,1H2,2-8H3,(H,29,30,31,32)/b19-16+,28-10+. The molecule has 0 bridgehead atoms. The normalized spacial score (nSPS) is 12.0. The van der Waals surface area contributed by atoms with Crippen molar-refractivity contribution in [3.63, 3.8) is 0 Å². The minimum Gasteiger partial charge on any atom is -0.496 e. The Labute approximate surface area is 207 Å². The number of rotatable bonds is 10. The molecule has 184 valence electrons. The van der Waals surface area contributed by atoms with Crippen LogP contribution in [0.15, 0.2) is 54.3 Å². The molecule has 0 atom stereocenters. The van der Waals surface area contributed by atoms with E-state index in [0.29, 0.717) is 17.5 Å². The Morgan fingerprint density at radius 3 is 2.31 bits per heavy atom. The predicted octanol–water partition coefficient (Wildman–Crippen LogP) is 6.17. The smallest absolute Gasteiger partial charge is 0.208 e. The topological polar surface area (TPSA) is 88.5 Å². The lowest BCUT2D eigenvalue weighted by atomic mass is 9.95. The second kappa shape index (κ2) is 11.5. The van der Waals surface area contributed by atoms with Crippen LogP contribution in [0, 0.1) is 0 Å². The van der Waals surface area contributed by atoms with E-state index in [1.165, 1.54) is 0 Å². The fraction of sp³-hybridized carbons (Fsp3) is 0.333. The Balaban J connectivity index is 2.24. The van der Waals surface area contributed by atoms with E-state index in [0.717, 1.165) is 39.3 Å². The lowest BCUT2D eigenvalue weighted by Crippen LogP contribution is -2.11. The molecule has 1 heterocycles. The first kappa shape index (κ1) is 25.7. The summed E-state index contributed by atoms with van der Waals surface area (Å²) in [5.41, 5.74) is 5.51. The summed E-state index contributed by atoms with van der Waals surface area (Å²) in [6, 6.07) is 10.2. The van der Waals surface area contributed by atoms with Gasteiger partial charge in [-0.05, 0) is 47.2 Å². The van der Waals surface area contributed by atoms with E-state index in [-0.39, 0.29) is 5.92 Å². The Morgan fingerprint density at radius 2 is 1.77 bits per heavy atom. The molecule has 3 rings (SSSR count). The third-order valence-electron chi connectivity index (χ3n) is 5.68. The summed E-state index contributed by atoms with van der Waals surface area (Å²) in [7, 11) is 3.35. The number of aromatic amines is 1. The molecule has 35 heavy (non-hydrogen) atoms. The molecule has 0 amide bonds. The summed E-state index contributed by atoms with van der Waals surface area (Å²) in [5, 5.41) is 21.1. The summed E-state index contributed by atoms with van der Waals surface area (Å²) in [6.07, 6.45) is 5.50. The average Bonchev–Trinajstić information content (AvgIpc) is 3.40. The van der Waals surface area contributed by atoms with Crippen molar-refractivity contribution in [1.29, 1.82) is 0 Å². The molecule has 0 unspecified atom stereocenters. The zero-order chi connectivity index (χ0) is 25.5. The molecule has 0 spiro atoms. The number of nitrogens with zero attached hydrogens (tertiary/aromatic N) is 5. The molecule has 0 fully saturated rings. The molecule has 2 aromatic carbocycles. The van der Waals surface area contributed by atoms with Gasteiger partial charge in [-0.15, -0.1) is 10.2 Å². The van der Waals surface area contributed by atoms with Gasteiger partial charge in [-0.25, -0.2) is 5.01 Å². The lowest BCUT2D eigenvalue weighted by molar-refractivity contribution is 0.406. The fourth-order valence-electron chi connectivity index (χ4n) is 3.99. The molecular weight excluding hydrogens is 440 g/mol. The Morgan fingerprint density at radius 1 is 1.06 bits per heavy atom. The number of allylic oxidation sites excluding steroid dienone is 2. The van der Waals surface area contributed by atoms with E-state index in [4.69, 9.17) is 9.47 Å². The number of anilines is 1. The van der Waals surface area contributed by atoms with Crippen LogP contribution in [0.4, 0.5) is 5.69 Å². The summed E-state index contributed by atoms with van der Waals surface area (Å²) >= 11 is 0. The summed E-state index contributed by atoms with van der Waals surface area (Å²) in [5.74, 6) is 2.50. The van der Waals surface area contributed by atoms with Crippen LogP contribution >= 0.6 is 0 Å². The highest BCUT2D eigenvalue weighted by molar-refractivity contribution is 5.82. The molecule has 1 N–H and O–H groups in total. The van der Waals surface area contributed by atoms with E-state index in [2.05, 4.69) is 72.1 Å². The highest BCUT2D eigenvalue weighted by atomic mass is 16.5. The highest BCUT2D eigenvalue weighted by Crippen LogP contribution is 2.40. The van der Waals surface area contributed by atoms with Crippen LogP contribution < -0.4 is 14.5 Å². The molecule has 3 aromatic rings. The largest absolute Gasteiger partial charge is 0.496 e.